The number of piperidine rings is 1. The summed E-state index contributed by atoms with van der Waals surface area (Å²) >= 11 is 0. The lowest BCUT2D eigenvalue weighted by Crippen LogP contribution is -2.45. The van der Waals surface area contributed by atoms with Gasteiger partial charge in [0.1, 0.15) is 12.2 Å². The van der Waals surface area contributed by atoms with Crippen LogP contribution in [0.5, 0.6) is 0 Å². The van der Waals surface area contributed by atoms with Gasteiger partial charge in [0.15, 0.2) is 5.58 Å². The minimum absolute atomic E-state index is 0.0853. The molecule has 2 amide bonds. The Morgan fingerprint density at radius 1 is 1.23 bits per heavy atom. The summed E-state index contributed by atoms with van der Waals surface area (Å²) in [5.41, 5.74) is 1.16. The Bertz CT molecular complexity index is 795. The van der Waals surface area contributed by atoms with Gasteiger partial charge in [-0.25, -0.2) is 0 Å². The molecule has 1 aromatic heterocycles. The van der Waals surface area contributed by atoms with E-state index in [1.807, 2.05) is 23.5 Å². The zero-order chi connectivity index (χ0) is 18.7. The van der Waals surface area contributed by atoms with Crippen molar-refractivity contribution < 1.29 is 27.3 Å². The topological polar surface area (TPSA) is 75.4 Å². The van der Waals surface area contributed by atoms with Gasteiger partial charge in [-0.3, -0.25) is 9.59 Å². The van der Waals surface area contributed by atoms with Crippen molar-refractivity contribution in [2.75, 3.05) is 19.6 Å². The summed E-state index contributed by atoms with van der Waals surface area (Å²) in [6.45, 7) is -0.665. The first-order valence-corrected chi connectivity index (χ1v) is 8.29. The number of nitrogens with one attached hydrogen (secondary N) is 1. The number of amides is 2. The molecule has 0 bridgehead atoms. The van der Waals surface area contributed by atoms with Gasteiger partial charge >= 0.3 is 6.18 Å². The van der Waals surface area contributed by atoms with Gasteiger partial charge in [0, 0.05) is 24.4 Å². The number of benzene rings is 1. The third kappa shape index (κ3) is 4.33. The highest BCUT2D eigenvalue weighted by molar-refractivity contribution is 5.86. The number of fused-ring (bicyclic) bond motifs is 1. The van der Waals surface area contributed by atoms with Gasteiger partial charge in [0.2, 0.25) is 11.8 Å². The SMILES string of the molecule is O=C(NCC(F)(F)F)C1CCN(C(=O)Cc2noc3ccccc23)CC1. The van der Waals surface area contributed by atoms with E-state index < -0.39 is 24.5 Å². The summed E-state index contributed by atoms with van der Waals surface area (Å²) in [7, 11) is 0. The molecule has 6 nitrogen and oxygen atoms in total. The van der Waals surface area contributed by atoms with Crippen molar-refractivity contribution in [3.8, 4) is 0 Å². The quantitative estimate of drug-likeness (QED) is 0.897. The van der Waals surface area contributed by atoms with Crippen molar-refractivity contribution in [2.45, 2.75) is 25.4 Å². The molecule has 1 fully saturated rings. The number of hydrogen-bond acceptors (Lipinski definition) is 4. The Balaban J connectivity index is 1.51. The zero-order valence-electron chi connectivity index (χ0n) is 13.9. The van der Waals surface area contributed by atoms with Crippen molar-refractivity contribution >= 4 is 22.8 Å². The summed E-state index contributed by atoms with van der Waals surface area (Å²) in [6, 6.07) is 7.24. The molecule has 0 unspecified atom stereocenters. The van der Waals surface area contributed by atoms with Gasteiger partial charge in [-0.1, -0.05) is 17.3 Å². The number of carbonyl (C=O) groups excluding carboxylic acids is 2. The summed E-state index contributed by atoms with van der Waals surface area (Å²) in [5, 5.41) is 6.61. The Hall–Kier alpha value is -2.58. The van der Waals surface area contributed by atoms with Crippen LogP contribution in [-0.4, -0.2) is 47.7 Å². The number of rotatable bonds is 4. The van der Waals surface area contributed by atoms with E-state index >= 15 is 0 Å². The van der Waals surface area contributed by atoms with E-state index in [1.165, 1.54) is 0 Å². The van der Waals surface area contributed by atoms with Crippen molar-refractivity contribution in [3.63, 3.8) is 0 Å². The predicted octanol–water partition coefficient (Wildman–Crippen LogP) is 2.29. The molecule has 0 spiro atoms. The molecule has 9 heteroatoms. The Kier molecular flexibility index (Phi) is 5.15. The summed E-state index contributed by atoms with van der Waals surface area (Å²) in [5.74, 6) is -1.26. The molecule has 1 saturated heterocycles. The maximum absolute atomic E-state index is 12.4. The molecule has 1 N–H and O–H groups in total. The van der Waals surface area contributed by atoms with Crippen LogP contribution in [0.3, 0.4) is 0 Å². The highest BCUT2D eigenvalue weighted by Gasteiger charge is 2.32. The number of carbonyl (C=O) groups is 2. The van der Waals surface area contributed by atoms with Crippen molar-refractivity contribution in [2.24, 2.45) is 5.92 Å². The zero-order valence-corrected chi connectivity index (χ0v) is 13.9. The minimum Gasteiger partial charge on any atom is -0.356 e. The third-order valence-corrected chi connectivity index (χ3v) is 4.45. The molecule has 1 aliphatic heterocycles. The second kappa shape index (κ2) is 7.35. The van der Waals surface area contributed by atoms with Crippen molar-refractivity contribution in [1.29, 1.82) is 0 Å². The number of halogens is 3. The van der Waals surface area contributed by atoms with Crippen LogP contribution in [-0.2, 0) is 16.0 Å². The first-order chi connectivity index (χ1) is 12.3. The normalized spacial score (nSPS) is 16.0. The van der Waals surface area contributed by atoms with Gasteiger partial charge in [-0.15, -0.1) is 0 Å². The first-order valence-electron chi connectivity index (χ1n) is 8.29. The summed E-state index contributed by atoms with van der Waals surface area (Å²) in [4.78, 5) is 25.8. The summed E-state index contributed by atoms with van der Waals surface area (Å²) in [6.07, 6.45) is -3.65. The van der Waals surface area contributed by atoms with E-state index in [2.05, 4.69) is 5.16 Å². The lowest BCUT2D eigenvalue weighted by molar-refractivity contribution is -0.142. The number of nitrogens with zero attached hydrogens (tertiary/aromatic N) is 2. The van der Waals surface area contributed by atoms with Crippen molar-refractivity contribution in [1.82, 2.24) is 15.4 Å². The molecule has 2 heterocycles. The smallest absolute Gasteiger partial charge is 0.356 e. The van der Waals surface area contributed by atoms with Crippen LogP contribution in [0.4, 0.5) is 13.2 Å². The second-order valence-corrected chi connectivity index (χ2v) is 6.29. The standard InChI is InChI=1S/C17H18F3N3O3/c18-17(19,20)10-21-16(25)11-5-7-23(8-6-11)15(24)9-13-12-3-1-2-4-14(12)26-22-13/h1-4,11H,5-10H2,(H,21,25). The molecular formula is C17H18F3N3O3. The maximum atomic E-state index is 12.4. The Morgan fingerprint density at radius 3 is 2.62 bits per heavy atom. The van der Waals surface area contributed by atoms with E-state index in [0.29, 0.717) is 37.2 Å². The third-order valence-electron chi connectivity index (χ3n) is 4.45. The average molecular weight is 369 g/mol. The lowest BCUT2D eigenvalue weighted by atomic mass is 9.95. The molecular weight excluding hydrogens is 351 g/mol. The Morgan fingerprint density at radius 2 is 1.92 bits per heavy atom. The van der Waals surface area contributed by atoms with Gasteiger partial charge in [-0.05, 0) is 25.0 Å². The van der Waals surface area contributed by atoms with Crippen LogP contribution in [0.15, 0.2) is 28.8 Å². The molecule has 0 radical (unpaired) electrons. The number of para-hydroxylation sites is 1. The van der Waals surface area contributed by atoms with Crippen LogP contribution in [0.2, 0.25) is 0 Å². The van der Waals surface area contributed by atoms with E-state index in [-0.39, 0.29) is 12.3 Å². The van der Waals surface area contributed by atoms with Crippen LogP contribution >= 0.6 is 0 Å². The van der Waals surface area contributed by atoms with Crippen molar-refractivity contribution in [3.05, 3.63) is 30.0 Å². The molecule has 140 valence electrons. The molecule has 3 rings (SSSR count). The van der Waals surface area contributed by atoms with Crippen LogP contribution in [0, 0.1) is 5.92 Å². The van der Waals surface area contributed by atoms with Gasteiger partial charge < -0.3 is 14.7 Å². The Labute approximate surface area is 147 Å². The number of aromatic nitrogens is 1. The highest BCUT2D eigenvalue weighted by Crippen LogP contribution is 2.22. The molecule has 0 aliphatic carbocycles. The van der Waals surface area contributed by atoms with Gasteiger partial charge in [-0.2, -0.15) is 13.2 Å². The molecule has 0 saturated carbocycles. The second-order valence-electron chi connectivity index (χ2n) is 6.29. The molecule has 1 aliphatic rings. The monoisotopic (exact) mass is 369 g/mol. The van der Waals surface area contributed by atoms with Crippen LogP contribution in [0.25, 0.3) is 11.0 Å². The molecule has 0 atom stereocenters. The van der Waals surface area contributed by atoms with Crippen LogP contribution < -0.4 is 5.32 Å². The molecule has 26 heavy (non-hydrogen) atoms. The minimum atomic E-state index is -4.42. The van der Waals surface area contributed by atoms with E-state index in [1.54, 1.807) is 11.0 Å². The van der Waals surface area contributed by atoms with E-state index in [0.717, 1.165) is 5.39 Å². The molecule has 1 aromatic carbocycles. The van der Waals surface area contributed by atoms with E-state index in [9.17, 15) is 22.8 Å². The number of likely N-dealkylation sites (tertiary alicyclic amines) is 1. The summed E-state index contributed by atoms with van der Waals surface area (Å²) < 4.78 is 41.7. The predicted molar refractivity (Wildman–Crippen MR) is 86.1 cm³/mol. The lowest BCUT2D eigenvalue weighted by Gasteiger charge is -2.31. The molecule has 2 aromatic rings. The highest BCUT2D eigenvalue weighted by atomic mass is 19.4. The fourth-order valence-corrected chi connectivity index (χ4v) is 3.04. The fraction of sp³-hybridized carbons (Fsp3) is 0.471. The maximum Gasteiger partial charge on any atom is 0.405 e. The number of hydrogen-bond donors (Lipinski definition) is 1. The van der Waals surface area contributed by atoms with Gasteiger partial charge in [0.05, 0.1) is 6.42 Å². The number of alkyl halides is 3. The van der Waals surface area contributed by atoms with E-state index in [4.69, 9.17) is 4.52 Å². The average Bonchev–Trinajstić information content (AvgIpc) is 3.02. The largest absolute Gasteiger partial charge is 0.405 e. The van der Waals surface area contributed by atoms with Crippen LogP contribution in [0.1, 0.15) is 18.5 Å². The first kappa shape index (κ1) is 18.2. The van der Waals surface area contributed by atoms with Gasteiger partial charge in [0.25, 0.3) is 0 Å². The fourth-order valence-electron chi connectivity index (χ4n) is 3.04.